The molecule has 4 nitrogen and oxygen atoms in total. The Hall–Kier alpha value is -8.08. The highest BCUT2D eigenvalue weighted by Crippen LogP contribution is 2.36. The van der Waals surface area contributed by atoms with Crippen molar-refractivity contribution >= 4 is 0 Å². The summed E-state index contributed by atoms with van der Waals surface area (Å²) in [6, 6.07) is 81.0. The van der Waals surface area contributed by atoms with Gasteiger partial charge in [0.15, 0.2) is 11.6 Å². The predicted molar refractivity (Wildman–Crippen MR) is 268 cm³/mol. The summed E-state index contributed by atoms with van der Waals surface area (Å²) >= 11 is 0. The number of aryl methyl sites for hydroxylation is 2. The zero-order valence-corrected chi connectivity index (χ0v) is 36.6. The molecule has 0 aliphatic heterocycles. The lowest BCUT2D eigenvalue weighted by Crippen LogP contribution is -2.18. The summed E-state index contributed by atoms with van der Waals surface area (Å²) in [6.45, 7) is 4.57. The minimum atomic E-state index is -0.258. The third-order valence-electron chi connectivity index (χ3n) is 12.4. The number of hydrogen-bond acceptors (Lipinski definition) is 4. The standard InChI is InChI=1S/C61H48N4/c1-61(2,54-38-34-50(35-39-54)58-42-57(64-60(65-58)52-21-13-6-14-22-52)48-30-28-47(29-31-48)45-17-9-4-10-18-45)53-36-32-49(33-37-53)56-41-55(62-59(63-56)51-19-11-5-12-20-51)40-25-43-23-26-46(27-24-43)44-15-7-3-8-16-44/h3-24,26-39,41-42H,25,40H2,1-2H3. The average molecular weight is 837 g/mol. The van der Waals surface area contributed by atoms with Crippen LogP contribution in [-0.4, -0.2) is 19.9 Å². The Morgan fingerprint density at radius 1 is 0.292 bits per heavy atom. The second-order valence-electron chi connectivity index (χ2n) is 17.0. The minimum Gasteiger partial charge on any atom is -0.233 e. The highest BCUT2D eigenvalue weighted by Gasteiger charge is 2.24. The normalized spacial score (nSPS) is 11.4. The molecule has 0 amide bonds. The maximum Gasteiger partial charge on any atom is 0.160 e. The van der Waals surface area contributed by atoms with E-state index in [4.69, 9.17) is 19.9 Å². The fraction of sp³-hybridized carbons (Fsp3) is 0.0820. The van der Waals surface area contributed by atoms with E-state index in [0.717, 1.165) is 69.3 Å². The van der Waals surface area contributed by atoms with Crippen molar-refractivity contribution < 1.29 is 0 Å². The highest BCUT2D eigenvalue weighted by atomic mass is 14.9. The molecule has 0 aliphatic carbocycles. The van der Waals surface area contributed by atoms with Crippen LogP contribution in [-0.2, 0) is 18.3 Å². The fourth-order valence-electron chi connectivity index (χ4n) is 8.46. The molecule has 10 rings (SSSR count). The molecule has 0 N–H and O–H groups in total. The molecule has 0 radical (unpaired) electrons. The summed E-state index contributed by atoms with van der Waals surface area (Å²) in [6.07, 6.45) is 1.70. The Bertz CT molecular complexity index is 3150. The molecule has 4 heteroatoms. The van der Waals surface area contributed by atoms with E-state index >= 15 is 0 Å². The van der Waals surface area contributed by atoms with Crippen LogP contribution < -0.4 is 0 Å². The molecule has 0 bridgehead atoms. The maximum absolute atomic E-state index is 5.11. The summed E-state index contributed by atoms with van der Waals surface area (Å²) in [7, 11) is 0. The first-order valence-electron chi connectivity index (χ1n) is 22.3. The highest BCUT2D eigenvalue weighted by molar-refractivity contribution is 5.74. The van der Waals surface area contributed by atoms with E-state index in [9.17, 15) is 0 Å². The Balaban J connectivity index is 0.901. The van der Waals surface area contributed by atoms with Crippen molar-refractivity contribution in [3.05, 3.63) is 253 Å². The molecule has 0 aliphatic rings. The molecule has 312 valence electrons. The Kier molecular flexibility index (Phi) is 11.6. The van der Waals surface area contributed by atoms with E-state index in [1.54, 1.807) is 0 Å². The van der Waals surface area contributed by atoms with Crippen LogP contribution in [0.3, 0.4) is 0 Å². The molecular formula is C61H48N4. The zero-order chi connectivity index (χ0) is 44.0. The first-order chi connectivity index (χ1) is 31.9. The molecule has 10 aromatic rings. The largest absolute Gasteiger partial charge is 0.233 e. The molecule has 0 saturated heterocycles. The summed E-state index contributed by atoms with van der Waals surface area (Å²) in [5.41, 5.74) is 17.2. The van der Waals surface area contributed by atoms with Gasteiger partial charge in [-0.1, -0.05) is 232 Å². The van der Waals surface area contributed by atoms with Gasteiger partial charge in [-0.05, 0) is 63.9 Å². The second-order valence-corrected chi connectivity index (χ2v) is 17.0. The van der Waals surface area contributed by atoms with Gasteiger partial charge >= 0.3 is 0 Å². The van der Waals surface area contributed by atoms with E-state index in [1.165, 1.54) is 38.9 Å². The second kappa shape index (κ2) is 18.3. The van der Waals surface area contributed by atoms with Gasteiger partial charge in [-0.2, -0.15) is 0 Å². The lowest BCUT2D eigenvalue weighted by molar-refractivity contribution is 0.641. The summed E-state index contributed by atoms with van der Waals surface area (Å²) in [5.74, 6) is 1.45. The van der Waals surface area contributed by atoms with Crippen LogP contribution in [0.15, 0.2) is 231 Å². The molecule has 0 spiro atoms. The summed E-state index contributed by atoms with van der Waals surface area (Å²) in [5, 5.41) is 0. The van der Waals surface area contributed by atoms with Crippen LogP contribution in [0.5, 0.6) is 0 Å². The fourth-order valence-corrected chi connectivity index (χ4v) is 8.46. The quantitative estimate of drug-likeness (QED) is 0.123. The van der Waals surface area contributed by atoms with E-state index < -0.39 is 0 Å². The van der Waals surface area contributed by atoms with E-state index in [2.05, 4.69) is 202 Å². The molecule has 0 unspecified atom stereocenters. The molecule has 0 saturated carbocycles. The average Bonchev–Trinajstić information content (AvgIpc) is 3.39. The van der Waals surface area contributed by atoms with E-state index in [0.29, 0.717) is 5.82 Å². The minimum absolute atomic E-state index is 0.258. The third-order valence-corrected chi connectivity index (χ3v) is 12.4. The monoisotopic (exact) mass is 836 g/mol. The van der Waals surface area contributed by atoms with Gasteiger partial charge in [-0.15, -0.1) is 0 Å². The summed E-state index contributed by atoms with van der Waals surface area (Å²) in [4.78, 5) is 20.3. The molecule has 65 heavy (non-hydrogen) atoms. The van der Waals surface area contributed by atoms with Gasteiger partial charge in [0.05, 0.1) is 17.1 Å². The SMILES string of the molecule is CC(C)(c1ccc(-c2cc(CCc3ccc(-c4ccccc4)cc3)nc(-c3ccccc3)n2)cc1)c1ccc(-c2cc(-c3ccc(-c4ccccc4)cc3)nc(-c3ccccc3)n2)cc1. The van der Waals surface area contributed by atoms with Gasteiger partial charge in [0.1, 0.15) is 0 Å². The number of hydrogen-bond donors (Lipinski definition) is 0. The van der Waals surface area contributed by atoms with Gasteiger partial charge in [0, 0.05) is 38.9 Å². The van der Waals surface area contributed by atoms with Crippen molar-refractivity contribution in [2.45, 2.75) is 32.1 Å². The number of rotatable bonds is 12. The van der Waals surface area contributed by atoms with E-state index in [-0.39, 0.29) is 5.41 Å². The Morgan fingerprint density at radius 2 is 0.615 bits per heavy atom. The van der Waals surface area contributed by atoms with Crippen LogP contribution in [0.1, 0.15) is 36.2 Å². The van der Waals surface area contributed by atoms with Gasteiger partial charge < -0.3 is 0 Å². The van der Waals surface area contributed by atoms with Crippen LogP contribution in [0.25, 0.3) is 78.8 Å². The topological polar surface area (TPSA) is 51.6 Å². The van der Waals surface area contributed by atoms with Crippen LogP contribution in [0, 0.1) is 0 Å². The number of aromatic nitrogens is 4. The van der Waals surface area contributed by atoms with Gasteiger partial charge in [-0.3, -0.25) is 0 Å². The van der Waals surface area contributed by atoms with Crippen molar-refractivity contribution in [3.8, 4) is 78.8 Å². The smallest absolute Gasteiger partial charge is 0.160 e. The van der Waals surface area contributed by atoms with Crippen LogP contribution in [0.4, 0.5) is 0 Å². The Morgan fingerprint density at radius 3 is 1.05 bits per heavy atom. The van der Waals surface area contributed by atoms with Crippen LogP contribution >= 0.6 is 0 Å². The summed E-state index contributed by atoms with van der Waals surface area (Å²) < 4.78 is 0. The van der Waals surface area contributed by atoms with Crippen molar-refractivity contribution in [2.75, 3.05) is 0 Å². The van der Waals surface area contributed by atoms with Crippen molar-refractivity contribution in [3.63, 3.8) is 0 Å². The Labute approximate surface area is 382 Å². The van der Waals surface area contributed by atoms with Gasteiger partial charge in [-0.25, -0.2) is 19.9 Å². The molecular weight excluding hydrogens is 789 g/mol. The molecule has 8 aromatic carbocycles. The zero-order valence-electron chi connectivity index (χ0n) is 36.6. The van der Waals surface area contributed by atoms with Gasteiger partial charge in [0.2, 0.25) is 0 Å². The third kappa shape index (κ3) is 9.20. The lowest BCUT2D eigenvalue weighted by Gasteiger charge is -2.26. The van der Waals surface area contributed by atoms with Crippen molar-refractivity contribution in [1.82, 2.24) is 19.9 Å². The van der Waals surface area contributed by atoms with Crippen LogP contribution in [0.2, 0.25) is 0 Å². The first kappa shape index (κ1) is 41.0. The van der Waals surface area contributed by atoms with E-state index in [1.807, 2.05) is 42.5 Å². The molecule has 0 fully saturated rings. The van der Waals surface area contributed by atoms with Gasteiger partial charge in [0.25, 0.3) is 0 Å². The number of benzene rings is 8. The number of nitrogens with zero attached hydrogens (tertiary/aromatic N) is 4. The van der Waals surface area contributed by atoms with Crippen molar-refractivity contribution in [2.24, 2.45) is 0 Å². The molecule has 2 heterocycles. The maximum atomic E-state index is 5.11. The lowest BCUT2D eigenvalue weighted by atomic mass is 9.77. The van der Waals surface area contributed by atoms with Crippen molar-refractivity contribution in [1.29, 1.82) is 0 Å². The molecule has 0 atom stereocenters. The predicted octanol–water partition coefficient (Wildman–Crippen LogP) is 15.0. The molecule has 2 aromatic heterocycles. The first-order valence-corrected chi connectivity index (χ1v) is 22.3.